The smallest absolute Gasteiger partial charge is 0.300 e. The van der Waals surface area contributed by atoms with E-state index in [1.54, 1.807) is 6.08 Å². The van der Waals surface area contributed by atoms with Crippen molar-refractivity contribution in [3.8, 4) is 11.1 Å². The van der Waals surface area contributed by atoms with Gasteiger partial charge in [-0.15, -0.1) is 0 Å². The summed E-state index contributed by atoms with van der Waals surface area (Å²) in [6.07, 6.45) is -2.60. The normalized spacial score (nSPS) is 16.8. The first-order valence-corrected chi connectivity index (χ1v) is 9.82. The molecule has 0 radical (unpaired) electrons. The topological polar surface area (TPSA) is 41.5 Å². The van der Waals surface area contributed by atoms with Gasteiger partial charge in [0.15, 0.2) is 5.17 Å². The van der Waals surface area contributed by atoms with Gasteiger partial charge in [-0.05, 0) is 58.8 Å². The van der Waals surface area contributed by atoms with Crippen LogP contribution < -0.4 is 5.32 Å². The Morgan fingerprint density at radius 1 is 0.833 bits per heavy atom. The quantitative estimate of drug-likeness (QED) is 0.504. The maximum Gasteiger partial charge on any atom is 0.416 e. The van der Waals surface area contributed by atoms with E-state index in [9.17, 15) is 18.0 Å². The van der Waals surface area contributed by atoms with Gasteiger partial charge in [-0.2, -0.15) is 13.2 Å². The first kappa shape index (κ1) is 20.0. The molecular formula is C23H15F3N2OS. The number of hydrogen-bond acceptors (Lipinski definition) is 3. The fraction of sp³-hybridized carbons (Fsp3) is 0.0435. The molecule has 1 aliphatic heterocycles. The first-order valence-electron chi connectivity index (χ1n) is 9.01. The summed E-state index contributed by atoms with van der Waals surface area (Å²) in [7, 11) is 0. The van der Waals surface area contributed by atoms with Gasteiger partial charge in [0.1, 0.15) is 0 Å². The molecule has 0 atom stereocenters. The van der Waals surface area contributed by atoms with Crippen LogP contribution in [0.1, 0.15) is 11.1 Å². The van der Waals surface area contributed by atoms with Crippen LogP contribution in [0.3, 0.4) is 0 Å². The molecule has 1 N–H and O–H groups in total. The molecule has 1 saturated heterocycles. The van der Waals surface area contributed by atoms with Crippen LogP contribution in [0.15, 0.2) is 88.8 Å². The number of alkyl halides is 3. The highest BCUT2D eigenvalue weighted by atomic mass is 32.2. The van der Waals surface area contributed by atoms with E-state index >= 15 is 0 Å². The molecule has 0 unspecified atom stereocenters. The minimum atomic E-state index is -4.35. The van der Waals surface area contributed by atoms with E-state index in [4.69, 9.17) is 0 Å². The molecule has 0 spiro atoms. The summed E-state index contributed by atoms with van der Waals surface area (Å²) in [5.74, 6) is -0.221. The Bertz CT molecular complexity index is 1120. The molecule has 0 bridgehead atoms. The molecule has 0 aromatic heterocycles. The van der Waals surface area contributed by atoms with Gasteiger partial charge < -0.3 is 5.32 Å². The number of aliphatic imine (C=N–C) groups is 1. The van der Waals surface area contributed by atoms with Crippen LogP contribution in [0.4, 0.5) is 18.9 Å². The van der Waals surface area contributed by atoms with Crippen LogP contribution in [0.2, 0.25) is 0 Å². The highest BCUT2D eigenvalue weighted by Crippen LogP contribution is 2.32. The molecule has 4 rings (SSSR count). The van der Waals surface area contributed by atoms with E-state index in [1.807, 2.05) is 54.6 Å². The Morgan fingerprint density at radius 3 is 2.03 bits per heavy atom. The summed E-state index contributed by atoms with van der Waals surface area (Å²) < 4.78 is 38.1. The van der Waals surface area contributed by atoms with Crippen molar-refractivity contribution < 1.29 is 18.0 Å². The van der Waals surface area contributed by atoms with Gasteiger partial charge in [0.2, 0.25) is 0 Å². The summed E-state index contributed by atoms with van der Waals surface area (Å²) in [6, 6.07) is 21.6. The average Bonchev–Trinajstić information content (AvgIpc) is 3.07. The summed E-state index contributed by atoms with van der Waals surface area (Å²) in [4.78, 5) is 17.1. The second-order valence-electron chi connectivity index (χ2n) is 6.51. The van der Waals surface area contributed by atoms with E-state index in [1.165, 1.54) is 23.9 Å². The van der Waals surface area contributed by atoms with E-state index in [0.717, 1.165) is 28.9 Å². The number of amides is 1. The van der Waals surface area contributed by atoms with Crippen molar-refractivity contribution in [1.29, 1.82) is 0 Å². The van der Waals surface area contributed by atoms with Crippen LogP contribution in [-0.2, 0) is 11.0 Å². The van der Waals surface area contributed by atoms with Gasteiger partial charge in [0.05, 0.1) is 16.2 Å². The van der Waals surface area contributed by atoms with E-state index in [2.05, 4.69) is 10.3 Å². The molecule has 0 saturated carbocycles. The Balaban J connectivity index is 1.50. The maximum absolute atomic E-state index is 12.7. The predicted octanol–water partition coefficient (Wildman–Crippen LogP) is 6.26. The first-order chi connectivity index (χ1) is 14.4. The van der Waals surface area contributed by atoms with E-state index < -0.39 is 11.7 Å². The third-order valence-corrected chi connectivity index (χ3v) is 5.30. The van der Waals surface area contributed by atoms with Gasteiger partial charge in [-0.25, -0.2) is 4.99 Å². The number of nitrogens with one attached hydrogen (secondary N) is 1. The number of hydrogen-bond donors (Lipinski definition) is 1. The molecular weight excluding hydrogens is 409 g/mol. The second-order valence-corrected chi connectivity index (χ2v) is 7.55. The molecule has 1 aliphatic rings. The molecule has 7 heteroatoms. The van der Waals surface area contributed by atoms with Gasteiger partial charge in [-0.1, -0.05) is 54.6 Å². The van der Waals surface area contributed by atoms with Crippen molar-refractivity contribution in [2.75, 3.05) is 0 Å². The Labute approximate surface area is 175 Å². The molecule has 30 heavy (non-hydrogen) atoms. The summed E-state index contributed by atoms with van der Waals surface area (Å²) in [6.45, 7) is 0. The molecule has 150 valence electrons. The number of carbonyl (C=O) groups is 1. The van der Waals surface area contributed by atoms with Crippen molar-refractivity contribution in [2.24, 2.45) is 4.99 Å². The molecule has 3 aromatic carbocycles. The van der Waals surface area contributed by atoms with E-state index in [-0.39, 0.29) is 5.91 Å². The summed E-state index contributed by atoms with van der Waals surface area (Å²) >= 11 is 1.26. The van der Waals surface area contributed by atoms with Crippen LogP contribution in [0.25, 0.3) is 17.2 Å². The zero-order valence-corrected chi connectivity index (χ0v) is 16.3. The number of nitrogens with zero attached hydrogens (tertiary/aromatic N) is 1. The summed E-state index contributed by atoms with van der Waals surface area (Å²) in [5, 5.41) is 3.25. The monoisotopic (exact) mass is 424 g/mol. The average molecular weight is 424 g/mol. The lowest BCUT2D eigenvalue weighted by molar-refractivity contribution is -0.137. The number of para-hydroxylation sites is 1. The lowest BCUT2D eigenvalue weighted by atomic mass is 10.0. The highest BCUT2D eigenvalue weighted by Gasteiger charge is 2.30. The number of amidine groups is 1. The number of benzene rings is 3. The molecule has 1 amide bonds. The van der Waals surface area contributed by atoms with Crippen molar-refractivity contribution in [2.45, 2.75) is 6.18 Å². The van der Waals surface area contributed by atoms with Gasteiger partial charge in [0, 0.05) is 0 Å². The number of rotatable bonds is 3. The predicted molar refractivity (Wildman–Crippen MR) is 114 cm³/mol. The number of halogens is 3. The lowest BCUT2D eigenvalue weighted by Gasteiger charge is -2.08. The van der Waals surface area contributed by atoms with E-state index in [0.29, 0.717) is 15.6 Å². The van der Waals surface area contributed by atoms with Crippen LogP contribution in [-0.4, -0.2) is 11.1 Å². The van der Waals surface area contributed by atoms with Crippen LogP contribution in [0, 0.1) is 0 Å². The standard InChI is InChI=1S/C23H15F3N2OS/c24-23(25,26)18-12-10-17(11-13-18)16-8-6-15(7-9-16)14-20-21(29)28-22(30-20)27-19-4-2-1-3-5-19/h1-14H,(H,27,28,29)/b20-14+. The molecule has 1 heterocycles. The zero-order chi connectivity index (χ0) is 21.1. The molecule has 3 nitrogen and oxygen atoms in total. The van der Waals surface area contributed by atoms with Crippen molar-refractivity contribution >= 4 is 34.6 Å². The maximum atomic E-state index is 12.7. The fourth-order valence-electron chi connectivity index (χ4n) is 2.88. The third kappa shape index (κ3) is 4.63. The number of carbonyl (C=O) groups excluding carboxylic acids is 1. The Kier molecular flexibility index (Phi) is 5.46. The third-order valence-electron chi connectivity index (χ3n) is 4.39. The lowest BCUT2D eigenvalue weighted by Crippen LogP contribution is -2.19. The Morgan fingerprint density at radius 2 is 1.43 bits per heavy atom. The Hall–Kier alpha value is -3.32. The SMILES string of the molecule is O=C1NC(=Nc2ccccc2)S/C1=C/c1ccc(-c2ccc(C(F)(F)F)cc2)cc1. The van der Waals surface area contributed by atoms with Crippen molar-refractivity contribution in [3.63, 3.8) is 0 Å². The molecule has 3 aromatic rings. The second kappa shape index (κ2) is 8.20. The van der Waals surface area contributed by atoms with Gasteiger partial charge in [0.25, 0.3) is 5.91 Å². The van der Waals surface area contributed by atoms with Crippen molar-refractivity contribution in [3.05, 3.63) is 94.9 Å². The van der Waals surface area contributed by atoms with Crippen LogP contribution >= 0.6 is 11.8 Å². The minimum Gasteiger partial charge on any atom is -0.300 e. The zero-order valence-electron chi connectivity index (χ0n) is 15.5. The fourth-order valence-corrected chi connectivity index (χ4v) is 3.72. The van der Waals surface area contributed by atoms with Crippen molar-refractivity contribution in [1.82, 2.24) is 5.32 Å². The molecule has 0 aliphatic carbocycles. The minimum absolute atomic E-state index is 0.221. The van der Waals surface area contributed by atoms with Gasteiger partial charge >= 0.3 is 6.18 Å². The van der Waals surface area contributed by atoms with Gasteiger partial charge in [-0.3, -0.25) is 4.79 Å². The molecule has 1 fully saturated rings. The number of thioether (sulfide) groups is 1. The highest BCUT2D eigenvalue weighted by molar-refractivity contribution is 8.18. The summed E-state index contributed by atoms with van der Waals surface area (Å²) in [5.41, 5.74) is 2.37. The van der Waals surface area contributed by atoms with Crippen LogP contribution in [0.5, 0.6) is 0 Å². The largest absolute Gasteiger partial charge is 0.416 e.